The van der Waals surface area contributed by atoms with Crippen molar-refractivity contribution in [2.24, 2.45) is 0 Å². The number of amides is 1. The molecule has 0 bridgehead atoms. The molecule has 0 saturated carbocycles. The number of anilines is 1. The lowest BCUT2D eigenvalue weighted by Crippen LogP contribution is -2.37. The van der Waals surface area contributed by atoms with Crippen molar-refractivity contribution in [1.29, 1.82) is 0 Å². The first-order chi connectivity index (χ1) is 9.08. The first kappa shape index (κ1) is 12.3. The Morgan fingerprint density at radius 3 is 2.84 bits per heavy atom. The number of nitrogens with zero attached hydrogens (tertiary/aromatic N) is 1. The summed E-state index contributed by atoms with van der Waals surface area (Å²) in [5, 5.41) is 0. The second-order valence-corrected chi connectivity index (χ2v) is 5.03. The van der Waals surface area contributed by atoms with Gasteiger partial charge in [-0.1, -0.05) is 6.07 Å². The van der Waals surface area contributed by atoms with Gasteiger partial charge in [-0.05, 0) is 31.9 Å². The third-order valence-corrected chi connectivity index (χ3v) is 3.65. The van der Waals surface area contributed by atoms with Gasteiger partial charge in [-0.2, -0.15) is 0 Å². The van der Waals surface area contributed by atoms with Crippen LogP contribution in [0.25, 0.3) is 0 Å². The molecule has 5 heteroatoms. The van der Waals surface area contributed by atoms with E-state index in [1.165, 1.54) is 23.1 Å². The molecule has 0 radical (unpaired) electrons. The van der Waals surface area contributed by atoms with Gasteiger partial charge in [0.2, 0.25) is 0 Å². The maximum absolute atomic E-state index is 13.9. The first-order valence-corrected chi connectivity index (χ1v) is 6.38. The molecule has 0 spiro atoms. The molecule has 2 unspecified atom stereocenters. The minimum atomic E-state index is -0.664. The summed E-state index contributed by atoms with van der Waals surface area (Å²) >= 11 is 0. The smallest absolute Gasteiger partial charge is 0.299 e. The molecule has 2 atom stereocenters. The summed E-state index contributed by atoms with van der Waals surface area (Å²) in [7, 11) is 0. The van der Waals surface area contributed by atoms with E-state index in [0.717, 1.165) is 12.8 Å². The number of carbonyl (C=O) groups excluding carboxylic acids is 2. The number of para-hydroxylation sites is 1. The number of rotatable bonds is 2. The van der Waals surface area contributed by atoms with E-state index in [9.17, 15) is 14.0 Å². The summed E-state index contributed by atoms with van der Waals surface area (Å²) in [5.41, 5.74) is 0.247. The molecule has 19 heavy (non-hydrogen) atoms. The Bertz CT molecular complexity index is 558. The minimum absolute atomic E-state index is 0.0978. The Morgan fingerprint density at radius 2 is 2.16 bits per heavy atom. The van der Waals surface area contributed by atoms with E-state index in [1.807, 2.05) is 6.92 Å². The van der Waals surface area contributed by atoms with Gasteiger partial charge in [0.15, 0.2) is 0 Å². The van der Waals surface area contributed by atoms with Gasteiger partial charge in [0, 0.05) is 0 Å². The normalized spacial score (nSPS) is 26.1. The zero-order valence-corrected chi connectivity index (χ0v) is 10.6. The highest BCUT2D eigenvalue weighted by atomic mass is 19.1. The molecular weight excluding hydrogens is 249 g/mol. The van der Waals surface area contributed by atoms with Crippen molar-refractivity contribution in [1.82, 2.24) is 0 Å². The van der Waals surface area contributed by atoms with Gasteiger partial charge in [-0.3, -0.25) is 14.5 Å². The molecule has 2 aliphatic heterocycles. The Kier molecular flexibility index (Phi) is 2.86. The van der Waals surface area contributed by atoms with Crippen molar-refractivity contribution in [3.8, 4) is 0 Å². The van der Waals surface area contributed by atoms with Crippen LogP contribution in [-0.2, 0) is 9.53 Å². The van der Waals surface area contributed by atoms with Gasteiger partial charge in [-0.25, -0.2) is 4.39 Å². The van der Waals surface area contributed by atoms with Crippen LogP contribution in [0.5, 0.6) is 0 Å². The first-order valence-electron chi connectivity index (χ1n) is 6.38. The fourth-order valence-corrected chi connectivity index (χ4v) is 2.71. The number of hydrogen-bond acceptors (Lipinski definition) is 3. The molecule has 1 aromatic rings. The standard InChI is InChI=1S/C14H14FNO3/c1-8-5-6-9(19-8)7-16-12-10(13(17)14(16)18)3-2-4-11(12)15/h2-4,8-9H,5-7H2,1H3. The summed E-state index contributed by atoms with van der Waals surface area (Å²) in [6, 6.07) is 4.18. The molecule has 100 valence electrons. The topological polar surface area (TPSA) is 46.6 Å². The molecule has 1 amide bonds. The molecule has 1 fully saturated rings. The van der Waals surface area contributed by atoms with Gasteiger partial charge < -0.3 is 4.74 Å². The van der Waals surface area contributed by atoms with Crippen molar-refractivity contribution in [2.45, 2.75) is 32.0 Å². The van der Waals surface area contributed by atoms with Crippen LogP contribution in [0.1, 0.15) is 30.1 Å². The van der Waals surface area contributed by atoms with Crippen LogP contribution in [-0.4, -0.2) is 30.4 Å². The van der Waals surface area contributed by atoms with Crippen LogP contribution >= 0.6 is 0 Å². The van der Waals surface area contributed by atoms with E-state index in [-0.39, 0.29) is 30.0 Å². The highest BCUT2D eigenvalue weighted by molar-refractivity contribution is 6.52. The van der Waals surface area contributed by atoms with Crippen LogP contribution in [0, 0.1) is 5.82 Å². The third kappa shape index (κ3) is 1.94. The van der Waals surface area contributed by atoms with Gasteiger partial charge in [0.05, 0.1) is 30.0 Å². The Morgan fingerprint density at radius 1 is 1.37 bits per heavy atom. The average molecular weight is 263 g/mol. The molecule has 0 N–H and O–H groups in total. The van der Waals surface area contributed by atoms with Crippen molar-refractivity contribution in [3.63, 3.8) is 0 Å². The Balaban J connectivity index is 1.91. The third-order valence-electron chi connectivity index (χ3n) is 3.65. The zero-order valence-electron chi connectivity index (χ0n) is 10.6. The number of ketones is 1. The number of benzene rings is 1. The van der Waals surface area contributed by atoms with Crippen LogP contribution in [0.15, 0.2) is 18.2 Å². The molecule has 2 aliphatic rings. The second-order valence-electron chi connectivity index (χ2n) is 5.03. The lowest BCUT2D eigenvalue weighted by molar-refractivity contribution is -0.114. The largest absolute Gasteiger partial charge is 0.373 e. The zero-order chi connectivity index (χ0) is 13.6. The second kappa shape index (κ2) is 4.42. The number of hydrogen-bond donors (Lipinski definition) is 0. The van der Waals surface area contributed by atoms with E-state index in [2.05, 4.69) is 0 Å². The minimum Gasteiger partial charge on any atom is -0.373 e. The molecule has 0 aromatic heterocycles. The average Bonchev–Trinajstić information content (AvgIpc) is 2.89. The molecule has 4 nitrogen and oxygen atoms in total. The lowest BCUT2D eigenvalue weighted by atomic mass is 10.1. The number of Topliss-reactive ketones (excluding diaryl/α,β-unsaturated/α-hetero) is 1. The fourth-order valence-electron chi connectivity index (χ4n) is 2.71. The molecule has 1 saturated heterocycles. The van der Waals surface area contributed by atoms with Gasteiger partial charge in [0.25, 0.3) is 11.7 Å². The van der Waals surface area contributed by atoms with Gasteiger partial charge in [0.1, 0.15) is 5.82 Å². The molecule has 1 aromatic carbocycles. The number of carbonyl (C=O) groups is 2. The number of fused-ring (bicyclic) bond motifs is 1. The number of ether oxygens (including phenoxy) is 1. The van der Waals surface area contributed by atoms with Gasteiger partial charge >= 0.3 is 0 Å². The molecular formula is C14H14FNO3. The molecule has 3 rings (SSSR count). The summed E-state index contributed by atoms with van der Waals surface area (Å²) in [5.74, 6) is -1.84. The Hall–Kier alpha value is -1.75. The van der Waals surface area contributed by atoms with E-state index < -0.39 is 17.5 Å². The maximum atomic E-state index is 13.9. The van der Waals surface area contributed by atoms with Gasteiger partial charge in [-0.15, -0.1) is 0 Å². The van der Waals surface area contributed by atoms with Crippen molar-refractivity contribution in [3.05, 3.63) is 29.6 Å². The predicted molar refractivity (Wildman–Crippen MR) is 66.7 cm³/mol. The van der Waals surface area contributed by atoms with Crippen molar-refractivity contribution in [2.75, 3.05) is 11.4 Å². The Labute approximate surface area is 110 Å². The summed E-state index contributed by atoms with van der Waals surface area (Å²) in [6.45, 7) is 2.20. The number of halogens is 1. The van der Waals surface area contributed by atoms with Crippen LogP contribution in [0.4, 0.5) is 10.1 Å². The molecule has 2 heterocycles. The van der Waals surface area contributed by atoms with Crippen LogP contribution < -0.4 is 4.90 Å². The highest BCUT2D eigenvalue weighted by Gasteiger charge is 2.39. The lowest BCUT2D eigenvalue weighted by Gasteiger charge is -2.21. The van der Waals surface area contributed by atoms with Crippen LogP contribution in [0.3, 0.4) is 0 Å². The van der Waals surface area contributed by atoms with E-state index in [1.54, 1.807) is 0 Å². The van der Waals surface area contributed by atoms with E-state index in [0.29, 0.717) is 0 Å². The van der Waals surface area contributed by atoms with Crippen molar-refractivity contribution < 1.29 is 18.7 Å². The molecule has 0 aliphatic carbocycles. The predicted octanol–water partition coefficient (Wildman–Crippen LogP) is 1.92. The fraction of sp³-hybridized carbons (Fsp3) is 0.429. The highest BCUT2D eigenvalue weighted by Crippen LogP contribution is 2.33. The summed E-state index contributed by atoms with van der Waals surface area (Å²) in [4.78, 5) is 25.0. The van der Waals surface area contributed by atoms with Crippen LogP contribution in [0.2, 0.25) is 0 Å². The monoisotopic (exact) mass is 263 g/mol. The van der Waals surface area contributed by atoms with E-state index in [4.69, 9.17) is 4.74 Å². The van der Waals surface area contributed by atoms with Crippen molar-refractivity contribution >= 4 is 17.4 Å². The van der Waals surface area contributed by atoms with E-state index >= 15 is 0 Å². The summed E-state index contributed by atoms with van der Waals surface area (Å²) < 4.78 is 19.5. The SMILES string of the molecule is CC1CCC(CN2C(=O)C(=O)c3cccc(F)c32)O1. The quantitative estimate of drug-likeness (QED) is 0.766. The maximum Gasteiger partial charge on any atom is 0.299 e. The summed E-state index contributed by atoms with van der Waals surface area (Å²) in [6.07, 6.45) is 1.77.